The van der Waals surface area contributed by atoms with E-state index in [9.17, 15) is 0 Å². The summed E-state index contributed by atoms with van der Waals surface area (Å²) in [5.41, 5.74) is 10.8. The molecule has 0 amide bonds. The van der Waals surface area contributed by atoms with Crippen LogP contribution in [0.15, 0.2) is 97.1 Å². The molecule has 0 spiro atoms. The third kappa shape index (κ3) is 6.31. The normalized spacial score (nSPS) is 13.1. The third-order valence-corrected chi connectivity index (χ3v) is 7.60. The van der Waals surface area contributed by atoms with E-state index < -0.39 is 0 Å². The van der Waals surface area contributed by atoms with Gasteiger partial charge in [-0.2, -0.15) is 0 Å². The Morgan fingerprint density at radius 3 is 1.11 bits per heavy atom. The van der Waals surface area contributed by atoms with Crippen LogP contribution in [-0.2, 0) is 6.42 Å². The lowest BCUT2D eigenvalue weighted by Crippen LogP contribution is -2.15. The Hall–Kier alpha value is -3.12. The van der Waals surface area contributed by atoms with Gasteiger partial charge in [-0.3, -0.25) is 0 Å². The molecule has 0 aliphatic carbocycles. The van der Waals surface area contributed by atoms with Crippen molar-refractivity contribution in [2.24, 2.45) is 5.92 Å². The molecule has 0 heterocycles. The van der Waals surface area contributed by atoms with Gasteiger partial charge in [0.1, 0.15) is 0 Å². The summed E-state index contributed by atoms with van der Waals surface area (Å²) in [5.74, 6) is 1.26. The van der Waals surface area contributed by atoms with Crippen LogP contribution in [0, 0.1) is 26.7 Å². The standard InChI is InChI=1S/C35H40/c1-6-25(2)7-14-29-15-23-33(24-16-29)35(32-21-12-28(5)13-22-32)34(30-17-8-26(3)9-18-30)31-19-10-27(4)11-20-31/h8-13,15-25,34-35H,6-7,14H2,1-5H3. The average molecular weight is 461 g/mol. The lowest BCUT2D eigenvalue weighted by Gasteiger charge is -2.30. The second-order valence-electron chi connectivity index (χ2n) is 10.5. The summed E-state index contributed by atoms with van der Waals surface area (Å²) in [7, 11) is 0. The van der Waals surface area contributed by atoms with Crippen LogP contribution in [-0.4, -0.2) is 0 Å². The SMILES string of the molecule is CCC(C)CCc1ccc(C(c2ccc(C)cc2)C(c2ccc(C)cc2)c2ccc(C)cc2)cc1. The van der Waals surface area contributed by atoms with Gasteiger partial charge in [-0.15, -0.1) is 0 Å². The molecule has 0 N–H and O–H groups in total. The van der Waals surface area contributed by atoms with Crippen LogP contribution < -0.4 is 0 Å². The summed E-state index contributed by atoms with van der Waals surface area (Å²) < 4.78 is 0. The molecule has 4 rings (SSSR count). The minimum absolute atomic E-state index is 0.240. The van der Waals surface area contributed by atoms with E-state index in [0.717, 1.165) is 12.3 Å². The molecule has 0 aromatic heterocycles. The Kier molecular flexibility index (Phi) is 8.24. The summed E-state index contributed by atoms with van der Waals surface area (Å²) in [6.07, 6.45) is 3.67. The van der Waals surface area contributed by atoms with E-state index in [0.29, 0.717) is 0 Å². The molecule has 0 nitrogen and oxygen atoms in total. The van der Waals surface area contributed by atoms with E-state index in [2.05, 4.69) is 132 Å². The molecule has 0 bridgehead atoms. The zero-order chi connectivity index (χ0) is 24.8. The molecule has 4 aromatic rings. The van der Waals surface area contributed by atoms with Gasteiger partial charge in [0.2, 0.25) is 0 Å². The van der Waals surface area contributed by atoms with Crippen LogP contribution in [0.4, 0.5) is 0 Å². The molecular weight excluding hydrogens is 420 g/mol. The van der Waals surface area contributed by atoms with E-state index in [4.69, 9.17) is 0 Å². The highest BCUT2D eigenvalue weighted by Crippen LogP contribution is 2.43. The molecule has 0 aliphatic rings. The highest BCUT2D eigenvalue weighted by Gasteiger charge is 2.28. The Morgan fingerprint density at radius 2 is 0.800 bits per heavy atom. The molecule has 35 heavy (non-hydrogen) atoms. The molecule has 0 radical (unpaired) electrons. The molecule has 0 saturated carbocycles. The van der Waals surface area contributed by atoms with Crippen molar-refractivity contribution in [3.63, 3.8) is 0 Å². The zero-order valence-electron chi connectivity index (χ0n) is 22.1. The Balaban J connectivity index is 1.81. The fourth-order valence-electron chi connectivity index (χ4n) is 4.98. The van der Waals surface area contributed by atoms with Crippen molar-refractivity contribution in [3.8, 4) is 0 Å². The number of benzene rings is 4. The number of aryl methyl sites for hydroxylation is 4. The first-order chi connectivity index (χ1) is 16.9. The van der Waals surface area contributed by atoms with Crippen molar-refractivity contribution in [2.45, 2.75) is 65.7 Å². The van der Waals surface area contributed by atoms with Gasteiger partial charge in [-0.05, 0) is 67.3 Å². The topological polar surface area (TPSA) is 0 Å². The van der Waals surface area contributed by atoms with Crippen LogP contribution in [0.3, 0.4) is 0 Å². The third-order valence-electron chi connectivity index (χ3n) is 7.60. The molecule has 0 aliphatic heterocycles. The highest BCUT2D eigenvalue weighted by molar-refractivity contribution is 5.46. The summed E-state index contributed by atoms with van der Waals surface area (Å²) in [6.45, 7) is 11.1. The van der Waals surface area contributed by atoms with Gasteiger partial charge in [-0.25, -0.2) is 0 Å². The second kappa shape index (κ2) is 11.5. The molecule has 180 valence electrons. The number of hydrogen-bond donors (Lipinski definition) is 0. The highest BCUT2D eigenvalue weighted by atomic mass is 14.3. The van der Waals surface area contributed by atoms with Gasteiger partial charge in [0.15, 0.2) is 0 Å². The summed E-state index contributed by atoms with van der Waals surface area (Å²) in [4.78, 5) is 0. The summed E-state index contributed by atoms with van der Waals surface area (Å²) in [6, 6.07) is 36.9. The Bertz CT molecular complexity index is 1130. The minimum Gasteiger partial charge on any atom is -0.0651 e. The first-order valence-electron chi connectivity index (χ1n) is 13.2. The Labute approximate surface area is 213 Å². The van der Waals surface area contributed by atoms with Gasteiger partial charge in [-0.1, -0.05) is 134 Å². The van der Waals surface area contributed by atoms with Crippen LogP contribution in [0.1, 0.15) is 83.0 Å². The van der Waals surface area contributed by atoms with E-state index in [1.165, 1.54) is 57.3 Å². The van der Waals surface area contributed by atoms with Crippen molar-refractivity contribution < 1.29 is 0 Å². The summed E-state index contributed by atoms with van der Waals surface area (Å²) >= 11 is 0. The van der Waals surface area contributed by atoms with E-state index in [1.807, 2.05) is 0 Å². The quantitative estimate of drug-likeness (QED) is 0.233. The first kappa shape index (κ1) is 25.0. The van der Waals surface area contributed by atoms with Crippen molar-refractivity contribution in [1.29, 1.82) is 0 Å². The fraction of sp³-hybridized carbons (Fsp3) is 0.314. The van der Waals surface area contributed by atoms with E-state index in [-0.39, 0.29) is 11.8 Å². The Morgan fingerprint density at radius 1 is 0.486 bits per heavy atom. The maximum absolute atomic E-state index is 2.38. The van der Waals surface area contributed by atoms with Gasteiger partial charge in [0.05, 0.1) is 0 Å². The average Bonchev–Trinajstić information content (AvgIpc) is 2.88. The molecule has 0 fully saturated rings. The fourth-order valence-corrected chi connectivity index (χ4v) is 4.98. The van der Waals surface area contributed by atoms with E-state index in [1.54, 1.807) is 0 Å². The van der Waals surface area contributed by atoms with Crippen molar-refractivity contribution in [3.05, 3.63) is 142 Å². The molecule has 2 atom stereocenters. The van der Waals surface area contributed by atoms with Crippen molar-refractivity contribution in [1.82, 2.24) is 0 Å². The lowest BCUT2D eigenvalue weighted by atomic mass is 9.73. The molecule has 0 heteroatoms. The number of rotatable bonds is 9. The summed E-state index contributed by atoms with van der Waals surface area (Å²) in [5, 5.41) is 0. The van der Waals surface area contributed by atoms with Crippen molar-refractivity contribution in [2.75, 3.05) is 0 Å². The van der Waals surface area contributed by atoms with Crippen LogP contribution in [0.25, 0.3) is 0 Å². The maximum atomic E-state index is 2.38. The first-order valence-corrected chi connectivity index (χ1v) is 13.2. The van der Waals surface area contributed by atoms with Crippen LogP contribution in [0.2, 0.25) is 0 Å². The smallest absolute Gasteiger partial charge is 0.0199 e. The van der Waals surface area contributed by atoms with Gasteiger partial charge in [0.25, 0.3) is 0 Å². The second-order valence-corrected chi connectivity index (χ2v) is 10.5. The largest absolute Gasteiger partial charge is 0.0651 e. The van der Waals surface area contributed by atoms with Crippen molar-refractivity contribution >= 4 is 0 Å². The molecular formula is C35H40. The zero-order valence-corrected chi connectivity index (χ0v) is 22.1. The van der Waals surface area contributed by atoms with Crippen LogP contribution in [0.5, 0.6) is 0 Å². The predicted octanol–water partition coefficient (Wildman–Crippen LogP) is 9.55. The minimum atomic E-state index is 0.240. The molecule has 2 unspecified atom stereocenters. The lowest BCUT2D eigenvalue weighted by molar-refractivity contribution is 0.516. The molecule has 4 aromatic carbocycles. The van der Waals surface area contributed by atoms with Gasteiger partial charge in [0, 0.05) is 11.8 Å². The van der Waals surface area contributed by atoms with E-state index >= 15 is 0 Å². The maximum Gasteiger partial charge on any atom is 0.0199 e. The van der Waals surface area contributed by atoms with Crippen LogP contribution >= 0.6 is 0 Å². The molecule has 0 saturated heterocycles. The van der Waals surface area contributed by atoms with Gasteiger partial charge >= 0.3 is 0 Å². The predicted molar refractivity (Wildman–Crippen MR) is 151 cm³/mol. The van der Waals surface area contributed by atoms with Gasteiger partial charge < -0.3 is 0 Å². The number of hydrogen-bond acceptors (Lipinski definition) is 0. The monoisotopic (exact) mass is 460 g/mol.